The minimum Gasteiger partial charge on any atom is -0.486 e. The molecular formula is C24H25N3O2S. The molecule has 3 aromatic rings. The van der Waals surface area contributed by atoms with Crippen LogP contribution in [0.1, 0.15) is 39.3 Å². The van der Waals surface area contributed by atoms with Crippen molar-refractivity contribution in [2.24, 2.45) is 0 Å². The van der Waals surface area contributed by atoms with Gasteiger partial charge in [0, 0.05) is 12.1 Å². The maximum Gasteiger partial charge on any atom is 0.192 e. The molecule has 5 nitrogen and oxygen atoms in total. The SMILES string of the molecule is C=CCn1c(COc2cccc(C)c2)nnc1SCC(=O)c1ccc2c(c1)CCC2. The van der Waals surface area contributed by atoms with Crippen LogP contribution in [-0.4, -0.2) is 26.3 Å². The third-order valence-electron chi connectivity index (χ3n) is 5.22. The predicted octanol–water partition coefficient (Wildman–Crippen LogP) is 4.82. The van der Waals surface area contributed by atoms with Gasteiger partial charge in [0.15, 0.2) is 16.8 Å². The Hall–Kier alpha value is -2.86. The first kappa shape index (κ1) is 20.4. The zero-order valence-corrected chi connectivity index (χ0v) is 18.0. The molecule has 0 N–H and O–H groups in total. The van der Waals surface area contributed by atoms with Crippen molar-refractivity contribution in [1.29, 1.82) is 0 Å². The Morgan fingerprint density at radius 1 is 1.20 bits per heavy atom. The van der Waals surface area contributed by atoms with E-state index in [-0.39, 0.29) is 5.78 Å². The van der Waals surface area contributed by atoms with Crippen molar-refractivity contribution < 1.29 is 9.53 Å². The highest BCUT2D eigenvalue weighted by molar-refractivity contribution is 7.99. The summed E-state index contributed by atoms with van der Waals surface area (Å²) in [7, 11) is 0. The fraction of sp³-hybridized carbons (Fsp3) is 0.292. The van der Waals surface area contributed by atoms with E-state index < -0.39 is 0 Å². The summed E-state index contributed by atoms with van der Waals surface area (Å²) in [4.78, 5) is 12.7. The number of ketones is 1. The van der Waals surface area contributed by atoms with E-state index in [0.29, 0.717) is 29.9 Å². The standard InChI is InChI=1S/C24H25N3O2S/c1-3-12-27-23(15-29-21-9-4-6-17(2)13-21)25-26-24(27)30-16-22(28)20-11-10-18-7-5-8-19(18)14-20/h3-4,6,9-11,13-14H,1,5,7-8,12,15-16H2,2H3. The highest BCUT2D eigenvalue weighted by atomic mass is 32.2. The Labute approximate surface area is 181 Å². The molecule has 2 aromatic carbocycles. The number of carbonyl (C=O) groups is 1. The first-order valence-electron chi connectivity index (χ1n) is 10.1. The number of aryl methyl sites for hydroxylation is 3. The summed E-state index contributed by atoms with van der Waals surface area (Å²) in [6.45, 7) is 6.73. The predicted molar refractivity (Wildman–Crippen MR) is 119 cm³/mol. The molecule has 0 fully saturated rings. The van der Waals surface area contributed by atoms with Crippen molar-refractivity contribution in [3.8, 4) is 5.75 Å². The molecule has 0 aliphatic heterocycles. The zero-order chi connectivity index (χ0) is 20.9. The van der Waals surface area contributed by atoms with E-state index in [1.54, 1.807) is 6.08 Å². The number of carbonyl (C=O) groups excluding carboxylic acids is 1. The van der Waals surface area contributed by atoms with Crippen LogP contribution < -0.4 is 4.74 Å². The number of allylic oxidation sites excluding steroid dienone is 1. The molecule has 1 aliphatic rings. The van der Waals surface area contributed by atoms with Crippen LogP contribution in [0.3, 0.4) is 0 Å². The number of hydrogen-bond donors (Lipinski definition) is 0. The first-order valence-corrected chi connectivity index (χ1v) is 11.1. The molecule has 6 heteroatoms. The molecule has 1 heterocycles. The quantitative estimate of drug-likeness (QED) is 0.283. The Balaban J connectivity index is 1.42. The molecule has 0 saturated carbocycles. The number of rotatable bonds is 9. The van der Waals surface area contributed by atoms with Crippen LogP contribution in [0, 0.1) is 6.92 Å². The molecular weight excluding hydrogens is 394 g/mol. The van der Waals surface area contributed by atoms with Crippen LogP contribution in [0.15, 0.2) is 60.3 Å². The summed E-state index contributed by atoms with van der Waals surface area (Å²) >= 11 is 1.40. The van der Waals surface area contributed by atoms with Gasteiger partial charge in [-0.3, -0.25) is 9.36 Å². The topological polar surface area (TPSA) is 57.0 Å². The van der Waals surface area contributed by atoms with Gasteiger partial charge < -0.3 is 4.74 Å². The number of fused-ring (bicyclic) bond motifs is 1. The van der Waals surface area contributed by atoms with E-state index in [4.69, 9.17) is 4.74 Å². The fourth-order valence-corrected chi connectivity index (χ4v) is 4.52. The zero-order valence-electron chi connectivity index (χ0n) is 17.1. The molecule has 4 rings (SSSR count). The maximum absolute atomic E-state index is 12.7. The van der Waals surface area contributed by atoms with Gasteiger partial charge in [-0.15, -0.1) is 16.8 Å². The van der Waals surface area contributed by atoms with Crippen LogP contribution in [0.25, 0.3) is 0 Å². The lowest BCUT2D eigenvalue weighted by atomic mass is 10.0. The third-order valence-corrected chi connectivity index (χ3v) is 6.18. The van der Waals surface area contributed by atoms with Gasteiger partial charge in [0.05, 0.1) is 5.75 Å². The van der Waals surface area contributed by atoms with Gasteiger partial charge in [-0.2, -0.15) is 0 Å². The van der Waals surface area contributed by atoms with Crippen LogP contribution in [0.5, 0.6) is 5.75 Å². The van der Waals surface area contributed by atoms with Gasteiger partial charge in [-0.1, -0.05) is 42.1 Å². The minimum absolute atomic E-state index is 0.111. The lowest BCUT2D eigenvalue weighted by Crippen LogP contribution is -2.09. The van der Waals surface area contributed by atoms with Crippen LogP contribution in [0.2, 0.25) is 0 Å². The van der Waals surface area contributed by atoms with Crippen molar-refractivity contribution in [2.45, 2.75) is 44.5 Å². The lowest BCUT2D eigenvalue weighted by molar-refractivity contribution is 0.102. The van der Waals surface area contributed by atoms with Crippen molar-refractivity contribution >= 4 is 17.5 Å². The Morgan fingerprint density at radius 2 is 2.07 bits per heavy atom. The number of benzene rings is 2. The van der Waals surface area contributed by atoms with E-state index in [1.165, 1.54) is 29.3 Å². The number of aromatic nitrogens is 3. The van der Waals surface area contributed by atoms with Crippen LogP contribution >= 0.6 is 11.8 Å². The Morgan fingerprint density at radius 3 is 2.90 bits per heavy atom. The number of thioether (sulfide) groups is 1. The van der Waals surface area contributed by atoms with Crippen molar-refractivity contribution in [1.82, 2.24) is 14.8 Å². The number of hydrogen-bond acceptors (Lipinski definition) is 5. The summed E-state index contributed by atoms with van der Waals surface area (Å²) in [5.41, 5.74) is 4.61. The average Bonchev–Trinajstić information content (AvgIpc) is 3.37. The first-order chi connectivity index (χ1) is 14.6. The Kier molecular flexibility index (Phi) is 6.33. The van der Waals surface area contributed by atoms with E-state index in [9.17, 15) is 4.79 Å². The average molecular weight is 420 g/mol. The second kappa shape index (κ2) is 9.30. The molecule has 0 saturated heterocycles. The summed E-state index contributed by atoms with van der Waals surface area (Å²) in [5.74, 6) is 1.95. The highest BCUT2D eigenvalue weighted by Gasteiger charge is 2.17. The lowest BCUT2D eigenvalue weighted by Gasteiger charge is -2.09. The molecule has 0 spiro atoms. The molecule has 0 bridgehead atoms. The largest absolute Gasteiger partial charge is 0.486 e. The summed E-state index contributed by atoms with van der Waals surface area (Å²) in [5, 5.41) is 9.26. The van der Waals surface area contributed by atoms with E-state index in [2.05, 4.69) is 28.9 Å². The maximum atomic E-state index is 12.7. The number of ether oxygens (including phenoxy) is 1. The van der Waals surface area contributed by atoms with Crippen molar-refractivity contribution in [2.75, 3.05) is 5.75 Å². The molecule has 1 aromatic heterocycles. The monoisotopic (exact) mass is 419 g/mol. The second-order valence-corrected chi connectivity index (χ2v) is 8.39. The van der Waals surface area contributed by atoms with Gasteiger partial charge in [0.2, 0.25) is 0 Å². The minimum atomic E-state index is 0.111. The fourth-order valence-electron chi connectivity index (χ4n) is 3.66. The van der Waals surface area contributed by atoms with E-state index in [1.807, 2.05) is 41.8 Å². The summed E-state index contributed by atoms with van der Waals surface area (Å²) in [6.07, 6.45) is 5.17. The Bertz CT molecular complexity index is 1070. The van der Waals surface area contributed by atoms with Crippen molar-refractivity contribution in [3.05, 3.63) is 83.2 Å². The second-order valence-electron chi connectivity index (χ2n) is 7.45. The molecule has 1 aliphatic carbocycles. The number of Topliss-reactive ketones (excluding diaryl/α,β-unsaturated/α-hetero) is 1. The summed E-state index contributed by atoms with van der Waals surface area (Å²) in [6, 6.07) is 14.0. The molecule has 30 heavy (non-hydrogen) atoms. The van der Waals surface area contributed by atoms with E-state index in [0.717, 1.165) is 29.7 Å². The third kappa shape index (κ3) is 4.65. The van der Waals surface area contributed by atoms with Crippen molar-refractivity contribution in [3.63, 3.8) is 0 Å². The van der Waals surface area contributed by atoms with Gasteiger partial charge in [0.25, 0.3) is 0 Å². The molecule has 0 unspecified atom stereocenters. The van der Waals surface area contributed by atoms with Gasteiger partial charge in [0.1, 0.15) is 12.4 Å². The molecule has 0 amide bonds. The number of nitrogens with zero attached hydrogens (tertiary/aromatic N) is 3. The smallest absolute Gasteiger partial charge is 0.192 e. The molecule has 0 radical (unpaired) electrons. The van der Waals surface area contributed by atoms with Gasteiger partial charge in [-0.25, -0.2) is 0 Å². The molecule has 0 atom stereocenters. The highest BCUT2D eigenvalue weighted by Crippen LogP contribution is 2.25. The van der Waals surface area contributed by atoms with Crippen LogP contribution in [0.4, 0.5) is 0 Å². The van der Waals surface area contributed by atoms with Crippen LogP contribution in [-0.2, 0) is 26.0 Å². The van der Waals surface area contributed by atoms with Gasteiger partial charge in [-0.05, 0) is 61.1 Å². The normalized spacial score (nSPS) is 12.6. The molecule has 154 valence electrons. The summed E-state index contributed by atoms with van der Waals surface area (Å²) < 4.78 is 7.82. The van der Waals surface area contributed by atoms with Gasteiger partial charge >= 0.3 is 0 Å². The van der Waals surface area contributed by atoms with E-state index >= 15 is 0 Å².